The van der Waals surface area contributed by atoms with Crippen molar-refractivity contribution < 1.29 is 4.79 Å². The largest absolute Gasteiger partial charge is 0.383 e. The van der Waals surface area contributed by atoms with Crippen LogP contribution in [0.5, 0.6) is 0 Å². The number of aromatic amines is 1. The number of amides is 1. The molecule has 1 saturated heterocycles. The van der Waals surface area contributed by atoms with E-state index in [0.29, 0.717) is 17.4 Å². The minimum absolute atomic E-state index is 0.000602. The topological polar surface area (TPSA) is 75.0 Å². The first-order chi connectivity index (χ1) is 7.70. The van der Waals surface area contributed by atoms with Crippen LogP contribution in [-0.2, 0) is 0 Å². The molecule has 1 aliphatic rings. The fourth-order valence-electron chi connectivity index (χ4n) is 2.20. The highest BCUT2D eigenvalue weighted by atomic mass is 16.2. The number of hydrogen-bond acceptors (Lipinski definition) is 3. The number of aromatic nitrogens is 2. The minimum Gasteiger partial charge on any atom is -0.383 e. The second-order valence-corrected chi connectivity index (χ2v) is 4.39. The minimum atomic E-state index is 0.000602. The van der Waals surface area contributed by atoms with Gasteiger partial charge in [-0.2, -0.15) is 5.10 Å². The van der Waals surface area contributed by atoms with Gasteiger partial charge in [0, 0.05) is 12.6 Å². The number of anilines is 1. The number of carbonyl (C=O) groups is 1. The lowest BCUT2D eigenvalue weighted by Gasteiger charge is -2.26. The van der Waals surface area contributed by atoms with Crippen molar-refractivity contribution in [3.63, 3.8) is 0 Å². The summed E-state index contributed by atoms with van der Waals surface area (Å²) in [5, 5.41) is 6.39. The maximum atomic E-state index is 12.2. The molecule has 0 spiro atoms. The van der Waals surface area contributed by atoms with Crippen molar-refractivity contribution >= 4 is 11.7 Å². The second-order valence-electron chi connectivity index (χ2n) is 4.39. The molecule has 0 saturated carbocycles. The third-order valence-corrected chi connectivity index (χ3v) is 3.21. The second kappa shape index (κ2) is 4.55. The molecule has 0 bridgehead atoms. The van der Waals surface area contributed by atoms with Gasteiger partial charge in [-0.05, 0) is 19.8 Å². The summed E-state index contributed by atoms with van der Waals surface area (Å²) >= 11 is 0. The molecular formula is C11H18N4O. The summed E-state index contributed by atoms with van der Waals surface area (Å²) in [5.41, 5.74) is 6.16. The molecule has 3 N–H and O–H groups in total. The Balaban J connectivity index is 2.17. The fourth-order valence-corrected chi connectivity index (χ4v) is 2.20. The average molecular weight is 222 g/mol. The molecule has 88 valence electrons. The van der Waals surface area contributed by atoms with Crippen LogP contribution in [0, 0.1) is 0 Å². The SMILES string of the molecule is CC1CCCCCN1C(=O)c1cn[nH]c1N. The van der Waals surface area contributed by atoms with E-state index in [1.807, 2.05) is 4.90 Å². The van der Waals surface area contributed by atoms with Gasteiger partial charge < -0.3 is 10.6 Å². The molecule has 1 unspecified atom stereocenters. The molecule has 1 aromatic heterocycles. The van der Waals surface area contributed by atoms with E-state index in [0.717, 1.165) is 19.4 Å². The van der Waals surface area contributed by atoms with Crippen LogP contribution in [0.15, 0.2) is 6.20 Å². The van der Waals surface area contributed by atoms with E-state index in [4.69, 9.17) is 5.73 Å². The Kier molecular flexibility index (Phi) is 3.12. The van der Waals surface area contributed by atoms with Crippen molar-refractivity contribution in [3.05, 3.63) is 11.8 Å². The average Bonchev–Trinajstić information content (AvgIpc) is 2.56. The van der Waals surface area contributed by atoms with Gasteiger partial charge in [0.1, 0.15) is 11.4 Å². The Morgan fingerprint density at radius 3 is 3.06 bits per heavy atom. The Hall–Kier alpha value is -1.52. The number of nitrogens with two attached hydrogens (primary N) is 1. The lowest BCUT2D eigenvalue weighted by Crippen LogP contribution is -2.38. The smallest absolute Gasteiger partial charge is 0.259 e. The highest BCUT2D eigenvalue weighted by molar-refractivity contribution is 5.98. The molecule has 5 nitrogen and oxygen atoms in total. The first-order valence-electron chi connectivity index (χ1n) is 5.80. The van der Waals surface area contributed by atoms with Gasteiger partial charge in [0.05, 0.1) is 6.20 Å². The van der Waals surface area contributed by atoms with Crippen molar-refractivity contribution in [3.8, 4) is 0 Å². The molecule has 1 amide bonds. The number of rotatable bonds is 1. The van der Waals surface area contributed by atoms with E-state index in [1.165, 1.54) is 19.0 Å². The predicted octanol–water partition coefficient (Wildman–Crippen LogP) is 1.40. The third kappa shape index (κ3) is 2.03. The lowest BCUT2D eigenvalue weighted by molar-refractivity contribution is 0.0699. The number of nitrogen functional groups attached to an aromatic ring is 1. The van der Waals surface area contributed by atoms with Crippen LogP contribution in [0.3, 0.4) is 0 Å². The summed E-state index contributed by atoms with van der Waals surface area (Å²) in [6.45, 7) is 2.92. The fraction of sp³-hybridized carbons (Fsp3) is 0.636. The van der Waals surface area contributed by atoms with Crippen molar-refractivity contribution in [1.82, 2.24) is 15.1 Å². The van der Waals surface area contributed by atoms with Crippen molar-refractivity contribution in [2.24, 2.45) is 0 Å². The highest BCUT2D eigenvalue weighted by Crippen LogP contribution is 2.20. The van der Waals surface area contributed by atoms with Gasteiger partial charge in [-0.1, -0.05) is 12.8 Å². The number of nitrogens with zero attached hydrogens (tertiary/aromatic N) is 2. The van der Waals surface area contributed by atoms with Crippen molar-refractivity contribution in [1.29, 1.82) is 0 Å². The molecule has 2 heterocycles. The molecule has 1 atom stereocenters. The van der Waals surface area contributed by atoms with Crippen LogP contribution in [0.2, 0.25) is 0 Å². The first kappa shape index (κ1) is 11.0. The van der Waals surface area contributed by atoms with Crippen LogP contribution in [0.4, 0.5) is 5.82 Å². The number of hydrogen-bond donors (Lipinski definition) is 2. The molecule has 5 heteroatoms. The van der Waals surface area contributed by atoms with Gasteiger partial charge in [-0.15, -0.1) is 0 Å². The van der Waals surface area contributed by atoms with Crippen molar-refractivity contribution in [2.75, 3.05) is 12.3 Å². The summed E-state index contributed by atoms with van der Waals surface area (Å²) < 4.78 is 0. The van der Waals surface area contributed by atoms with Gasteiger partial charge in [0.15, 0.2) is 0 Å². The zero-order valence-corrected chi connectivity index (χ0v) is 9.57. The van der Waals surface area contributed by atoms with Gasteiger partial charge in [0.2, 0.25) is 0 Å². The number of nitrogens with one attached hydrogen (secondary N) is 1. The summed E-state index contributed by atoms with van der Waals surface area (Å²) in [6, 6.07) is 0.296. The zero-order chi connectivity index (χ0) is 11.5. The predicted molar refractivity (Wildman–Crippen MR) is 62.0 cm³/mol. The Labute approximate surface area is 95.0 Å². The van der Waals surface area contributed by atoms with Crippen molar-refractivity contribution in [2.45, 2.75) is 38.6 Å². The van der Waals surface area contributed by atoms with Crippen LogP contribution >= 0.6 is 0 Å². The molecule has 1 fully saturated rings. The molecule has 16 heavy (non-hydrogen) atoms. The van der Waals surface area contributed by atoms with E-state index >= 15 is 0 Å². The Morgan fingerprint density at radius 2 is 2.38 bits per heavy atom. The molecule has 1 aliphatic heterocycles. The number of H-pyrrole nitrogens is 1. The molecule has 1 aromatic rings. The lowest BCUT2D eigenvalue weighted by atomic mass is 10.1. The van der Waals surface area contributed by atoms with E-state index < -0.39 is 0 Å². The number of carbonyl (C=O) groups excluding carboxylic acids is 1. The maximum absolute atomic E-state index is 12.2. The van der Waals surface area contributed by atoms with Crippen LogP contribution in [0.1, 0.15) is 43.0 Å². The summed E-state index contributed by atoms with van der Waals surface area (Å²) in [7, 11) is 0. The van der Waals surface area contributed by atoms with Gasteiger partial charge in [0.25, 0.3) is 5.91 Å². The molecule has 2 rings (SSSR count). The van der Waals surface area contributed by atoms with Crippen LogP contribution < -0.4 is 5.73 Å². The molecule has 0 aromatic carbocycles. The summed E-state index contributed by atoms with van der Waals surface area (Å²) in [6.07, 6.45) is 6.06. The Bertz CT molecular complexity index is 374. The highest BCUT2D eigenvalue weighted by Gasteiger charge is 2.25. The number of likely N-dealkylation sites (tertiary alicyclic amines) is 1. The van der Waals surface area contributed by atoms with Gasteiger partial charge in [-0.3, -0.25) is 9.89 Å². The van der Waals surface area contributed by atoms with Gasteiger partial charge in [-0.25, -0.2) is 0 Å². The van der Waals surface area contributed by atoms with Crippen LogP contribution in [-0.4, -0.2) is 33.6 Å². The molecule has 0 aliphatic carbocycles. The quantitative estimate of drug-likeness (QED) is 0.754. The summed E-state index contributed by atoms with van der Waals surface area (Å²) in [5.74, 6) is 0.363. The van der Waals surface area contributed by atoms with E-state index in [2.05, 4.69) is 17.1 Å². The van der Waals surface area contributed by atoms with Gasteiger partial charge >= 0.3 is 0 Å². The van der Waals surface area contributed by atoms with Crippen LogP contribution in [0.25, 0.3) is 0 Å². The third-order valence-electron chi connectivity index (χ3n) is 3.21. The Morgan fingerprint density at radius 1 is 1.56 bits per heavy atom. The van der Waals surface area contributed by atoms with E-state index in [1.54, 1.807) is 0 Å². The molecular weight excluding hydrogens is 204 g/mol. The molecule has 0 radical (unpaired) electrons. The monoisotopic (exact) mass is 222 g/mol. The zero-order valence-electron chi connectivity index (χ0n) is 9.57. The van der Waals surface area contributed by atoms with E-state index in [9.17, 15) is 4.79 Å². The maximum Gasteiger partial charge on any atom is 0.259 e. The first-order valence-corrected chi connectivity index (χ1v) is 5.80. The van der Waals surface area contributed by atoms with E-state index in [-0.39, 0.29) is 5.91 Å². The standard InChI is InChI=1S/C11H18N4O/c1-8-5-3-2-4-6-15(8)11(16)9-7-13-14-10(9)12/h7-8H,2-6H2,1H3,(H3,12,13,14). The normalized spacial score (nSPS) is 21.8. The summed E-state index contributed by atoms with van der Waals surface area (Å²) in [4.78, 5) is 14.1.